The van der Waals surface area contributed by atoms with Gasteiger partial charge in [-0.1, -0.05) is 12.1 Å². The van der Waals surface area contributed by atoms with Gasteiger partial charge in [-0.15, -0.1) is 0 Å². The number of amides is 1. The van der Waals surface area contributed by atoms with Crippen molar-refractivity contribution in [2.45, 2.75) is 25.9 Å². The fraction of sp³-hybridized carbons (Fsp3) is 0.318. The van der Waals surface area contributed by atoms with Crippen LogP contribution < -0.4 is 27.4 Å². The molecule has 0 atom stereocenters. The highest BCUT2D eigenvalue weighted by Gasteiger charge is 2.10. The standard InChI is InChI=1S/C22H29N9O2/c1-31(14-16-13-27-21-19(28-16)20(24)29-22(25)30-21)17-6-4-5-15(11-17)12-26-18(32)7-10-33-9-3-2-8-23/h4-7,10-11,13H,2-3,8-9,12,14,23H2,1H3,(H,26,32)(H4,24,25,27,29,30). The Bertz CT molecular complexity index is 1120. The maximum atomic E-state index is 12.0. The van der Waals surface area contributed by atoms with E-state index >= 15 is 0 Å². The van der Waals surface area contributed by atoms with Crippen molar-refractivity contribution in [1.82, 2.24) is 25.3 Å². The van der Waals surface area contributed by atoms with Crippen LogP contribution in [0.3, 0.4) is 0 Å². The normalized spacial score (nSPS) is 11.1. The highest BCUT2D eigenvalue weighted by molar-refractivity contribution is 5.87. The van der Waals surface area contributed by atoms with Gasteiger partial charge in [-0.25, -0.2) is 9.97 Å². The molecule has 0 saturated carbocycles. The molecule has 0 spiro atoms. The lowest BCUT2D eigenvalue weighted by atomic mass is 10.2. The van der Waals surface area contributed by atoms with E-state index in [0.29, 0.717) is 43.1 Å². The van der Waals surface area contributed by atoms with Gasteiger partial charge in [0.25, 0.3) is 0 Å². The SMILES string of the molecule is CN(Cc1cnc2nc(N)nc(N)c2n1)c1cccc(CNC(=O)C=COCCCCN)c1. The number of ether oxygens (including phenoxy) is 1. The van der Waals surface area contributed by atoms with E-state index in [2.05, 4.69) is 25.3 Å². The van der Waals surface area contributed by atoms with Crippen molar-refractivity contribution in [2.24, 2.45) is 5.73 Å². The lowest BCUT2D eigenvalue weighted by Crippen LogP contribution is -2.21. The number of nitrogens with two attached hydrogens (primary N) is 3. The number of nitrogens with one attached hydrogen (secondary N) is 1. The average Bonchev–Trinajstić information content (AvgIpc) is 2.80. The summed E-state index contributed by atoms with van der Waals surface area (Å²) in [5, 5.41) is 2.84. The Hall–Kier alpha value is -3.99. The van der Waals surface area contributed by atoms with Gasteiger partial charge >= 0.3 is 0 Å². The molecule has 1 amide bonds. The molecule has 33 heavy (non-hydrogen) atoms. The predicted molar refractivity (Wildman–Crippen MR) is 128 cm³/mol. The zero-order chi connectivity index (χ0) is 23.6. The summed E-state index contributed by atoms with van der Waals surface area (Å²) in [6.45, 7) is 2.07. The zero-order valence-electron chi connectivity index (χ0n) is 18.6. The third kappa shape index (κ3) is 7.01. The first kappa shape index (κ1) is 23.7. The first-order valence-corrected chi connectivity index (χ1v) is 10.6. The molecule has 0 fully saturated rings. The molecule has 0 radical (unpaired) electrons. The Morgan fingerprint density at radius 2 is 2.06 bits per heavy atom. The number of hydrogen-bond donors (Lipinski definition) is 4. The van der Waals surface area contributed by atoms with Crippen LogP contribution in [0.4, 0.5) is 17.5 Å². The Kier molecular flexibility index (Phi) is 8.30. The van der Waals surface area contributed by atoms with E-state index in [0.717, 1.165) is 24.1 Å². The first-order chi connectivity index (χ1) is 16.0. The van der Waals surface area contributed by atoms with Gasteiger partial charge in [-0.05, 0) is 37.1 Å². The number of carbonyl (C=O) groups is 1. The van der Waals surface area contributed by atoms with Gasteiger partial charge in [0.15, 0.2) is 17.0 Å². The van der Waals surface area contributed by atoms with Crippen LogP contribution in [0.2, 0.25) is 0 Å². The van der Waals surface area contributed by atoms with Crippen LogP contribution in [0.15, 0.2) is 42.8 Å². The Balaban J connectivity index is 1.56. The molecule has 0 aliphatic heterocycles. The van der Waals surface area contributed by atoms with Crippen LogP contribution in [0.1, 0.15) is 24.1 Å². The number of anilines is 3. The van der Waals surface area contributed by atoms with Crippen LogP contribution in [0.25, 0.3) is 11.2 Å². The van der Waals surface area contributed by atoms with Gasteiger partial charge in [0.1, 0.15) is 0 Å². The molecule has 2 heterocycles. The van der Waals surface area contributed by atoms with Crippen molar-refractivity contribution < 1.29 is 9.53 Å². The summed E-state index contributed by atoms with van der Waals surface area (Å²) in [5.74, 6) is 0.0373. The molecule has 0 bridgehead atoms. The van der Waals surface area contributed by atoms with Gasteiger partial charge in [-0.3, -0.25) is 4.79 Å². The summed E-state index contributed by atoms with van der Waals surface area (Å²) >= 11 is 0. The number of fused-ring (bicyclic) bond motifs is 1. The molecule has 3 rings (SSSR count). The molecule has 0 aliphatic rings. The summed E-state index contributed by atoms with van der Waals surface area (Å²) in [6, 6.07) is 7.86. The Morgan fingerprint density at radius 1 is 1.21 bits per heavy atom. The van der Waals surface area contributed by atoms with Crippen LogP contribution in [-0.2, 0) is 22.6 Å². The largest absolute Gasteiger partial charge is 0.501 e. The molecule has 174 valence electrons. The average molecular weight is 452 g/mol. The minimum absolute atomic E-state index is 0.0635. The van der Waals surface area contributed by atoms with Crippen molar-refractivity contribution in [3.63, 3.8) is 0 Å². The summed E-state index contributed by atoms with van der Waals surface area (Å²) in [6.07, 6.45) is 6.19. The highest BCUT2D eigenvalue weighted by atomic mass is 16.5. The molecule has 1 aromatic carbocycles. The summed E-state index contributed by atoms with van der Waals surface area (Å²) in [5.41, 5.74) is 20.3. The number of benzene rings is 1. The van der Waals surface area contributed by atoms with Gasteiger partial charge in [0, 0.05) is 25.4 Å². The Morgan fingerprint density at radius 3 is 2.88 bits per heavy atom. The smallest absolute Gasteiger partial charge is 0.247 e. The van der Waals surface area contributed by atoms with E-state index in [1.807, 2.05) is 36.2 Å². The van der Waals surface area contributed by atoms with E-state index < -0.39 is 0 Å². The molecule has 0 unspecified atom stereocenters. The number of rotatable bonds is 11. The molecule has 7 N–H and O–H groups in total. The summed E-state index contributed by atoms with van der Waals surface area (Å²) in [7, 11) is 1.94. The van der Waals surface area contributed by atoms with Crippen molar-refractivity contribution in [3.8, 4) is 0 Å². The summed E-state index contributed by atoms with van der Waals surface area (Å²) in [4.78, 5) is 30.8. The van der Waals surface area contributed by atoms with Gasteiger partial charge < -0.3 is 32.2 Å². The minimum Gasteiger partial charge on any atom is -0.501 e. The first-order valence-electron chi connectivity index (χ1n) is 10.6. The summed E-state index contributed by atoms with van der Waals surface area (Å²) < 4.78 is 5.27. The van der Waals surface area contributed by atoms with Crippen LogP contribution in [0, 0.1) is 0 Å². The molecule has 11 nitrogen and oxygen atoms in total. The van der Waals surface area contributed by atoms with Crippen LogP contribution in [0.5, 0.6) is 0 Å². The minimum atomic E-state index is -0.223. The van der Waals surface area contributed by atoms with Crippen LogP contribution >= 0.6 is 0 Å². The molecular formula is C22H29N9O2. The second-order valence-corrected chi connectivity index (χ2v) is 7.41. The van der Waals surface area contributed by atoms with E-state index in [9.17, 15) is 4.79 Å². The van der Waals surface area contributed by atoms with Crippen molar-refractivity contribution in [1.29, 1.82) is 0 Å². The second kappa shape index (κ2) is 11.6. The lowest BCUT2D eigenvalue weighted by molar-refractivity contribution is -0.116. The van der Waals surface area contributed by atoms with E-state index in [-0.39, 0.29) is 17.7 Å². The number of hydrogen-bond acceptors (Lipinski definition) is 10. The van der Waals surface area contributed by atoms with E-state index in [1.165, 1.54) is 12.3 Å². The van der Waals surface area contributed by atoms with Gasteiger partial charge in [-0.2, -0.15) is 9.97 Å². The van der Waals surface area contributed by atoms with Crippen molar-refractivity contribution in [3.05, 3.63) is 54.1 Å². The number of aromatic nitrogens is 4. The number of nitrogens with zero attached hydrogens (tertiary/aromatic N) is 5. The topological polar surface area (TPSA) is 171 Å². The molecule has 3 aromatic rings. The molecule has 11 heteroatoms. The number of carbonyl (C=O) groups excluding carboxylic acids is 1. The zero-order valence-corrected chi connectivity index (χ0v) is 18.6. The third-order valence-electron chi connectivity index (χ3n) is 4.75. The number of unbranched alkanes of at least 4 members (excludes halogenated alkanes) is 1. The molecule has 2 aromatic heterocycles. The quantitative estimate of drug-likeness (QED) is 0.188. The maximum absolute atomic E-state index is 12.0. The Labute approximate surface area is 192 Å². The molecular weight excluding hydrogens is 422 g/mol. The van der Waals surface area contributed by atoms with E-state index in [1.54, 1.807) is 6.20 Å². The van der Waals surface area contributed by atoms with Crippen molar-refractivity contribution in [2.75, 3.05) is 36.6 Å². The third-order valence-corrected chi connectivity index (χ3v) is 4.75. The fourth-order valence-corrected chi connectivity index (χ4v) is 3.05. The predicted octanol–water partition coefficient (Wildman–Crippen LogP) is 1.11. The van der Waals surface area contributed by atoms with Crippen molar-refractivity contribution >= 4 is 34.5 Å². The molecule has 0 aliphatic carbocycles. The van der Waals surface area contributed by atoms with E-state index in [4.69, 9.17) is 21.9 Å². The second-order valence-electron chi connectivity index (χ2n) is 7.41. The van der Waals surface area contributed by atoms with Crippen LogP contribution in [-0.4, -0.2) is 46.0 Å². The molecule has 0 saturated heterocycles. The highest BCUT2D eigenvalue weighted by Crippen LogP contribution is 2.19. The fourth-order valence-electron chi connectivity index (χ4n) is 3.05. The van der Waals surface area contributed by atoms with Gasteiger partial charge in [0.05, 0.1) is 31.3 Å². The maximum Gasteiger partial charge on any atom is 0.247 e. The van der Waals surface area contributed by atoms with Gasteiger partial charge in [0.2, 0.25) is 11.9 Å². The lowest BCUT2D eigenvalue weighted by Gasteiger charge is -2.20. The number of nitrogen functional groups attached to an aromatic ring is 2. The monoisotopic (exact) mass is 451 g/mol.